The van der Waals surface area contributed by atoms with Gasteiger partial charge >= 0.3 is 5.97 Å². The van der Waals surface area contributed by atoms with Gasteiger partial charge in [-0.15, -0.1) is 0 Å². The second-order valence-electron chi connectivity index (χ2n) is 7.15. The zero-order valence-electron chi connectivity index (χ0n) is 16.9. The van der Waals surface area contributed by atoms with Crippen molar-refractivity contribution in [2.24, 2.45) is 0 Å². The SMILES string of the molecule is COc1cc(N)c(Cl)cc1C(=O)N[C@@H]1CCN(Cc2ccccn2)C[C@@H]1OC(C)=O. The van der Waals surface area contributed by atoms with Gasteiger partial charge in [0.25, 0.3) is 5.91 Å². The molecule has 1 amide bonds. The smallest absolute Gasteiger partial charge is 0.303 e. The molecule has 9 heteroatoms. The third kappa shape index (κ3) is 5.40. The number of aromatic nitrogens is 1. The number of hydrogen-bond donors (Lipinski definition) is 2. The lowest BCUT2D eigenvalue weighted by molar-refractivity contribution is -0.150. The van der Waals surface area contributed by atoms with Gasteiger partial charge < -0.3 is 20.5 Å². The first-order valence-electron chi connectivity index (χ1n) is 9.60. The number of benzene rings is 1. The van der Waals surface area contributed by atoms with E-state index in [4.69, 9.17) is 26.8 Å². The summed E-state index contributed by atoms with van der Waals surface area (Å²) in [6, 6.07) is 8.39. The largest absolute Gasteiger partial charge is 0.496 e. The maximum Gasteiger partial charge on any atom is 0.303 e. The molecule has 0 saturated carbocycles. The number of nitrogens with zero attached hydrogens (tertiary/aromatic N) is 2. The molecule has 1 fully saturated rings. The average Bonchev–Trinajstić information content (AvgIpc) is 2.72. The van der Waals surface area contributed by atoms with Crippen molar-refractivity contribution in [2.75, 3.05) is 25.9 Å². The summed E-state index contributed by atoms with van der Waals surface area (Å²) in [6.07, 6.45) is 1.87. The third-order valence-corrected chi connectivity index (χ3v) is 5.28. The second kappa shape index (κ2) is 9.77. The monoisotopic (exact) mass is 432 g/mol. The Bertz CT molecular complexity index is 909. The topological polar surface area (TPSA) is 107 Å². The standard InChI is InChI=1S/C21H25ClN4O4/c1-13(27)30-20-12-26(11-14-5-3-4-7-24-14)8-6-18(20)25-21(28)15-9-16(22)17(23)10-19(15)29-2/h3-5,7,9-10,18,20H,6,8,11-12,23H2,1-2H3,(H,25,28)/t18-,20+/m1/s1. The number of hydrogen-bond acceptors (Lipinski definition) is 7. The molecule has 2 heterocycles. The second-order valence-corrected chi connectivity index (χ2v) is 7.55. The molecule has 3 N–H and O–H groups in total. The number of amides is 1. The number of esters is 1. The highest BCUT2D eigenvalue weighted by Crippen LogP contribution is 2.29. The van der Waals surface area contributed by atoms with Crippen molar-refractivity contribution in [1.29, 1.82) is 0 Å². The summed E-state index contributed by atoms with van der Waals surface area (Å²) >= 11 is 6.08. The Kier molecular flexibility index (Phi) is 7.12. The van der Waals surface area contributed by atoms with Crippen molar-refractivity contribution in [1.82, 2.24) is 15.2 Å². The first kappa shape index (κ1) is 21.9. The van der Waals surface area contributed by atoms with E-state index in [2.05, 4.69) is 15.2 Å². The molecule has 1 aliphatic heterocycles. The van der Waals surface area contributed by atoms with Crippen LogP contribution in [-0.4, -0.2) is 54.1 Å². The van der Waals surface area contributed by atoms with Crippen LogP contribution in [0.4, 0.5) is 5.69 Å². The highest BCUT2D eigenvalue weighted by molar-refractivity contribution is 6.33. The van der Waals surface area contributed by atoms with E-state index in [0.717, 1.165) is 12.2 Å². The molecule has 0 spiro atoms. The third-order valence-electron chi connectivity index (χ3n) is 4.95. The molecule has 160 valence electrons. The Balaban J connectivity index is 1.72. The number of rotatable bonds is 6. The lowest BCUT2D eigenvalue weighted by Gasteiger charge is -2.38. The molecule has 1 saturated heterocycles. The molecule has 1 aromatic carbocycles. The Morgan fingerprint density at radius 1 is 1.37 bits per heavy atom. The lowest BCUT2D eigenvalue weighted by Crippen LogP contribution is -2.55. The fourth-order valence-corrected chi connectivity index (χ4v) is 3.67. The molecule has 8 nitrogen and oxygen atoms in total. The Morgan fingerprint density at radius 2 is 2.17 bits per heavy atom. The van der Waals surface area contributed by atoms with Crippen molar-refractivity contribution in [3.8, 4) is 5.75 Å². The summed E-state index contributed by atoms with van der Waals surface area (Å²) < 4.78 is 10.8. The number of anilines is 1. The molecule has 0 bridgehead atoms. The van der Waals surface area contributed by atoms with Crippen LogP contribution in [0.3, 0.4) is 0 Å². The summed E-state index contributed by atoms with van der Waals surface area (Å²) in [5.74, 6) is -0.438. The quantitative estimate of drug-likeness (QED) is 0.532. The zero-order valence-corrected chi connectivity index (χ0v) is 17.7. The van der Waals surface area contributed by atoms with Crippen LogP contribution in [0.5, 0.6) is 5.75 Å². The van der Waals surface area contributed by atoms with Crippen molar-refractivity contribution in [3.05, 3.63) is 52.8 Å². The van der Waals surface area contributed by atoms with Crippen molar-refractivity contribution in [3.63, 3.8) is 0 Å². The van der Waals surface area contributed by atoms with Gasteiger partial charge in [-0.05, 0) is 24.6 Å². The fraction of sp³-hybridized carbons (Fsp3) is 0.381. The predicted molar refractivity (Wildman–Crippen MR) is 113 cm³/mol. The van der Waals surface area contributed by atoms with E-state index >= 15 is 0 Å². The fourth-order valence-electron chi connectivity index (χ4n) is 3.50. The van der Waals surface area contributed by atoms with Gasteiger partial charge in [-0.2, -0.15) is 0 Å². The molecule has 1 aliphatic rings. The summed E-state index contributed by atoms with van der Waals surface area (Å²) in [6.45, 7) is 3.21. The molecule has 1 aromatic heterocycles. The molecule has 3 rings (SSSR count). The van der Waals surface area contributed by atoms with Crippen LogP contribution < -0.4 is 15.8 Å². The van der Waals surface area contributed by atoms with Crippen molar-refractivity contribution >= 4 is 29.2 Å². The Labute approximate surface area is 180 Å². The minimum Gasteiger partial charge on any atom is -0.496 e. The number of piperidine rings is 1. The Morgan fingerprint density at radius 3 is 2.83 bits per heavy atom. The van der Waals surface area contributed by atoms with Gasteiger partial charge in [0.1, 0.15) is 11.9 Å². The van der Waals surface area contributed by atoms with Gasteiger partial charge in [-0.1, -0.05) is 17.7 Å². The minimum absolute atomic E-state index is 0.266. The number of likely N-dealkylation sites (tertiary alicyclic amines) is 1. The van der Waals surface area contributed by atoms with Crippen molar-refractivity contribution in [2.45, 2.75) is 32.0 Å². The zero-order chi connectivity index (χ0) is 21.7. The van der Waals surface area contributed by atoms with E-state index in [9.17, 15) is 9.59 Å². The maximum absolute atomic E-state index is 12.9. The molecule has 2 atom stereocenters. The molecular formula is C21H25ClN4O4. The van der Waals surface area contributed by atoms with Gasteiger partial charge in [0.05, 0.1) is 35.1 Å². The minimum atomic E-state index is -0.487. The van der Waals surface area contributed by atoms with Gasteiger partial charge in [0.15, 0.2) is 0 Å². The highest BCUT2D eigenvalue weighted by Gasteiger charge is 2.33. The number of methoxy groups -OCH3 is 1. The first-order valence-corrected chi connectivity index (χ1v) is 9.98. The van der Waals surface area contributed by atoms with E-state index in [0.29, 0.717) is 30.9 Å². The highest BCUT2D eigenvalue weighted by atomic mass is 35.5. The van der Waals surface area contributed by atoms with Crippen LogP contribution in [-0.2, 0) is 16.1 Å². The first-order chi connectivity index (χ1) is 14.4. The summed E-state index contributed by atoms with van der Waals surface area (Å²) in [5, 5.41) is 3.22. The number of carbonyl (C=O) groups excluding carboxylic acids is 2. The summed E-state index contributed by atoms with van der Waals surface area (Å²) in [5.41, 5.74) is 7.32. The van der Waals surface area contributed by atoms with E-state index in [1.807, 2.05) is 18.2 Å². The molecule has 2 aromatic rings. The number of nitrogens with one attached hydrogen (secondary N) is 1. The molecule has 0 unspecified atom stereocenters. The average molecular weight is 433 g/mol. The van der Waals surface area contributed by atoms with Crippen LogP contribution >= 0.6 is 11.6 Å². The maximum atomic E-state index is 12.9. The van der Waals surface area contributed by atoms with Gasteiger partial charge in [-0.25, -0.2) is 0 Å². The molecule has 30 heavy (non-hydrogen) atoms. The van der Waals surface area contributed by atoms with Crippen molar-refractivity contribution < 1.29 is 19.1 Å². The van der Waals surface area contributed by atoms with Crippen LogP contribution in [0.2, 0.25) is 5.02 Å². The number of ether oxygens (including phenoxy) is 2. The molecular weight excluding hydrogens is 408 g/mol. The van der Waals surface area contributed by atoms with Crippen LogP contribution in [0.25, 0.3) is 0 Å². The lowest BCUT2D eigenvalue weighted by atomic mass is 10.0. The van der Waals surface area contributed by atoms with Crippen LogP contribution in [0, 0.1) is 0 Å². The van der Waals surface area contributed by atoms with E-state index < -0.39 is 12.1 Å². The number of carbonyl (C=O) groups is 2. The number of nitrogens with two attached hydrogens (primary N) is 1. The van der Waals surface area contributed by atoms with Gasteiger partial charge in [0, 0.05) is 38.8 Å². The van der Waals surface area contributed by atoms with E-state index in [-0.39, 0.29) is 22.5 Å². The predicted octanol–water partition coefficient (Wildman–Crippen LogP) is 2.26. The van der Waals surface area contributed by atoms with Gasteiger partial charge in [-0.3, -0.25) is 19.5 Å². The Hall–Kier alpha value is -2.84. The molecule has 0 aliphatic carbocycles. The summed E-state index contributed by atoms with van der Waals surface area (Å²) in [4.78, 5) is 31.0. The van der Waals surface area contributed by atoms with Crippen LogP contribution in [0.1, 0.15) is 29.4 Å². The van der Waals surface area contributed by atoms with E-state index in [1.54, 1.807) is 6.20 Å². The normalized spacial score (nSPS) is 19.2. The van der Waals surface area contributed by atoms with Gasteiger partial charge in [0.2, 0.25) is 0 Å². The number of nitrogen functional groups attached to an aromatic ring is 1. The summed E-state index contributed by atoms with van der Waals surface area (Å²) in [7, 11) is 1.46. The number of pyridine rings is 1. The van der Waals surface area contributed by atoms with E-state index in [1.165, 1.54) is 26.2 Å². The van der Waals surface area contributed by atoms with Crippen LogP contribution in [0.15, 0.2) is 36.5 Å². The molecule has 0 radical (unpaired) electrons. The number of halogens is 1.